The van der Waals surface area contributed by atoms with Crippen LogP contribution in [0.1, 0.15) is 48.7 Å². The Bertz CT molecular complexity index is 1540. The van der Waals surface area contributed by atoms with Crippen LogP contribution in [0.4, 0.5) is 5.82 Å². The Morgan fingerprint density at radius 3 is 2.58 bits per heavy atom. The van der Waals surface area contributed by atoms with Gasteiger partial charge < -0.3 is 19.7 Å². The van der Waals surface area contributed by atoms with Crippen molar-refractivity contribution in [3.05, 3.63) is 65.0 Å². The first-order chi connectivity index (χ1) is 18.5. The third kappa shape index (κ3) is 5.29. The lowest BCUT2D eigenvalue weighted by Crippen LogP contribution is -2.19. The van der Waals surface area contributed by atoms with E-state index in [1.165, 1.54) is 12.8 Å². The van der Waals surface area contributed by atoms with Gasteiger partial charge in [0.05, 0.1) is 23.8 Å². The summed E-state index contributed by atoms with van der Waals surface area (Å²) in [6.45, 7) is 5.00. The van der Waals surface area contributed by atoms with Crippen LogP contribution in [-0.4, -0.2) is 43.9 Å². The highest BCUT2D eigenvalue weighted by Gasteiger charge is 2.30. The number of nitriles is 2. The summed E-state index contributed by atoms with van der Waals surface area (Å²) in [7, 11) is 0. The molecule has 0 amide bonds. The number of aliphatic hydroxyl groups is 1. The maximum absolute atomic E-state index is 9.65. The SMILES string of the molecule is Cc1ccc(OCCCO)c(-c2nc3nc(C#N)nc(NC(C)C4CC4)c3n2Cc2ccc(C#N)cc2)c1. The number of rotatable bonds is 10. The van der Waals surface area contributed by atoms with Crippen LogP contribution in [0, 0.1) is 35.5 Å². The standard InChI is InChI=1S/C29H29N7O2/c1-18-4-11-24(38-13-3-12-37)23(14-18)29-35-28-26(36(29)17-21-7-5-20(15-30)6-8-21)27(33-25(16-31)34-28)32-19(2)22-9-10-22/h4-8,11,14,19,22,37H,3,9-10,12-13,17H2,1-2H3,(H,32,33,34). The first kappa shape index (κ1) is 25.2. The summed E-state index contributed by atoms with van der Waals surface area (Å²) in [6, 6.07) is 17.8. The highest BCUT2D eigenvalue weighted by atomic mass is 16.5. The lowest BCUT2D eigenvalue weighted by atomic mass is 10.1. The number of nitrogens with one attached hydrogen (secondary N) is 1. The van der Waals surface area contributed by atoms with Crippen LogP contribution in [0.3, 0.4) is 0 Å². The molecule has 0 spiro atoms. The second-order valence-corrected chi connectivity index (χ2v) is 9.71. The number of aromatic nitrogens is 4. The van der Waals surface area contributed by atoms with E-state index in [1.54, 1.807) is 12.1 Å². The fourth-order valence-corrected chi connectivity index (χ4v) is 4.53. The van der Waals surface area contributed by atoms with E-state index in [9.17, 15) is 15.6 Å². The maximum atomic E-state index is 9.65. The molecule has 1 aliphatic carbocycles. The zero-order valence-electron chi connectivity index (χ0n) is 21.5. The number of aryl methyl sites for hydroxylation is 1. The number of benzene rings is 2. The van der Waals surface area contributed by atoms with Gasteiger partial charge in [-0.25, -0.2) is 4.98 Å². The molecule has 0 aliphatic heterocycles. The Morgan fingerprint density at radius 2 is 1.89 bits per heavy atom. The molecule has 9 nitrogen and oxygen atoms in total. The molecular formula is C29H29N7O2. The lowest BCUT2D eigenvalue weighted by molar-refractivity contribution is 0.234. The van der Waals surface area contributed by atoms with E-state index in [4.69, 9.17) is 9.72 Å². The van der Waals surface area contributed by atoms with Gasteiger partial charge in [0.2, 0.25) is 5.82 Å². The van der Waals surface area contributed by atoms with Crippen LogP contribution >= 0.6 is 0 Å². The van der Waals surface area contributed by atoms with E-state index in [2.05, 4.69) is 34.3 Å². The fourth-order valence-electron chi connectivity index (χ4n) is 4.53. The van der Waals surface area contributed by atoms with Gasteiger partial charge >= 0.3 is 0 Å². The molecule has 1 saturated carbocycles. The molecule has 9 heteroatoms. The average Bonchev–Trinajstić information content (AvgIpc) is 3.72. The highest BCUT2D eigenvalue weighted by molar-refractivity contribution is 5.88. The van der Waals surface area contributed by atoms with Crippen LogP contribution in [0.5, 0.6) is 5.75 Å². The first-order valence-electron chi connectivity index (χ1n) is 12.8. The van der Waals surface area contributed by atoms with E-state index in [0.717, 1.165) is 16.7 Å². The van der Waals surface area contributed by atoms with Crippen LogP contribution in [0.15, 0.2) is 42.5 Å². The molecule has 1 unspecified atom stereocenters. The minimum absolute atomic E-state index is 0.0408. The van der Waals surface area contributed by atoms with Crippen molar-refractivity contribution in [1.29, 1.82) is 10.5 Å². The zero-order valence-corrected chi connectivity index (χ0v) is 21.5. The molecule has 2 heterocycles. The fraction of sp³-hybridized carbons (Fsp3) is 0.345. The Hall–Kier alpha value is -4.47. The van der Waals surface area contributed by atoms with Gasteiger partial charge in [-0.1, -0.05) is 23.8 Å². The minimum Gasteiger partial charge on any atom is -0.493 e. The van der Waals surface area contributed by atoms with Gasteiger partial charge in [0.15, 0.2) is 11.5 Å². The topological polar surface area (TPSA) is 133 Å². The van der Waals surface area contributed by atoms with Crippen molar-refractivity contribution in [3.8, 4) is 29.3 Å². The van der Waals surface area contributed by atoms with Crippen LogP contribution in [0.25, 0.3) is 22.6 Å². The molecule has 0 radical (unpaired) electrons. The van der Waals surface area contributed by atoms with Crippen molar-refractivity contribution in [3.63, 3.8) is 0 Å². The predicted molar refractivity (Wildman–Crippen MR) is 143 cm³/mol. The second kappa shape index (κ2) is 10.9. The molecule has 5 rings (SSSR count). The third-order valence-electron chi connectivity index (χ3n) is 6.76. The summed E-state index contributed by atoms with van der Waals surface area (Å²) in [6.07, 6.45) is 2.85. The lowest BCUT2D eigenvalue weighted by Gasteiger charge is -2.17. The summed E-state index contributed by atoms with van der Waals surface area (Å²) in [5.41, 5.74) is 4.52. The number of anilines is 1. The van der Waals surface area contributed by atoms with Crippen molar-refractivity contribution in [2.45, 2.75) is 45.7 Å². The van der Waals surface area contributed by atoms with E-state index >= 15 is 0 Å². The second-order valence-electron chi connectivity index (χ2n) is 9.71. The van der Waals surface area contributed by atoms with Gasteiger partial charge in [-0.3, -0.25) is 0 Å². The van der Waals surface area contributed by atoms with Gasteiger partial charge in [0.25, 0.3) is 0 Å². The van der Waals surface area contributed by atoms with Crippen molar-refractivity contribution in [2.75, 3.05) is 18.5 Å². The van der Waals surface area contributed by atoms with Gasteiger partial charge in [-0.15, -0.1) is 0 Å². The summed E-state index contributed by atoms with van der Waals surface area (Å²) in [5, 5.41) is 31.7. The summed E-state index contributed by atoms with van der Waals surface area (Å²) in [5.74, 6) is 2.49. The zero-order chi connectivity index (χ0) is 26.6. The number of hydrogen-bond acceptors (Lipinski definition) is 8. The number of fused-ring (bicyclic) bond motifs is 1. The molecule has 2 N–H and O–H groups in total. The van der Waals surface area contributed by atoms with Crippen molar-refractivity contribution in [1.82, 2.24) is 19.5 Å². The largest absolute Gasteiger partial charge is 0.493 e. The number of imidazole rings is 1. The minimum atomic E-state index is 0.0408. The third-order valence-corrected chi connectivity index (χ3v) is 6.76. The number of aliphatic hydroxyl groups excluding tert-OH is 1. The number of ether oxygens (including phenoxy) is 1. The Labute approximate surface area is 221 Å². The highest BCUT2D eigenvalue weighted by Crippen LogP contribution is 2.37. The maximum Gasteiger partial charge on any atom is 0.236 e. The van der Waals surface area contributed by atoms with E-state index in [0.29, 0.717) is 59.6 Å². The number of nitrogens with zero attached hydrogens (tertiary/aromatic N) is 6. The van der Waals surface area contributed by atoms with Crippen LogP contribution in [-0.2, 0) is 6.54 Å². The van der Waals surface area contributed by atoms with E-state index < -0.39 is 0 Å². The van der Waals surface area contributed by atoms with Crippen molar-refractivity contribution >= 4 is 17.0 Å². The molecule has 4 aromatic rings. The molecule has 1 fully saturated rings. The molecular weight excluding hydrogens is 478 g/mol. The number of hydrogen-bond donors (Lipinski definition) is 2. The van der Waals surface area contributed by atoms with Crippen LogP contribution < -0.4 is 10.1 Å². The molecule has 0 saturated heterocycles. The molecule has 1 aliphatic rings. The summed E-state index contributed by atoms with van der Waals surface area (Å²) >= 11 is 0. The van der Waals surface area contributed by atoms with Crippen molar-refractivity contribution in [2.24, 2.45) is 5.92 Å². The smallest absolute Gasteiger partial charge is 0.236 e. The van der Waals surface area contributed by atoms with Gasteiger partial charge in [0, 0.05) is 25.6 Å². The molecule has 192 valence electrons. The van der Waals surface area contributed by atoms with E-state index in [1.807, 2.05) is 41.8 Å². The Balaban J connectivity index is 1.71. The Morgan fingerprint density at radius 1 is 1.11 bits per heavy atom. The molecule has 2 aromatic heterocycles. The normalized spacial score (nSPS) is 13.6. The van der Waals surface area contributed by atoms with Crippen LogP contribution in [0.2, 0.25) is 0 Å². The molecule has 2 aromatic carbocycles. The van der Waals surface area contributed by atoms with E-state index in [-0.39, 0.29) is 18.5 Å². The summed E-state index contributed by atoms with van der Waals surface area (Å²) in [4.78, 5) is 13.9. The first-order valence-corrected chi connectivity index (χ1v) is 12.8. The summed E-state index contributed by atoms with van der Waals surface area (Å²) < 4.78 is 8.09. The molecule has 38 heavy (non-hydrogen) atoms. The van der Waals surface area contributed by atoms with Gasteiger partial charge in [-0.2, -0.15) is 20.5 Å². The molecule has 0 bridgehead atoms. The quantitative estimate of drug-likeness (QED) is 0.298. The van der Waals surface area contributed by atoms with Crippen molar-refractivity contribution < 1.29 is 9.84 Å². The average molecular weight is 508 g/mol. The monoisotopic (exact) mass is 507 g/mol. The predicted octanol–water partition coefficient (Wildman–Crippen LogP) is 4.56. The van der Waals surface area contributed by atoms with Gasteiger partial charge in [-0.05, 0) is 62.4 Å². The Kier molecular flexibility index (Phi) is 7.21. The molecule has 1 atom stereocenters. The van der Waals surface area contributed by atoms with Gasteiger partial charge in [0.1, 0.15) is 23.2 Å².